The van der Waals surface area contributed by atoms with E-state index in [1.165, 1.54) is 12.1 Å². The van der Waals surface area contributed by atoms with E-state index in [9.17, 15) is 14.0 Å². The Morgan fingerprint density at radius 3 is 2.43 bits per heavy atom. The van der Waals surface area contributed by atoms with Gasteiger partial charge in [0.05, 0.1) is 5.56 Å². The molecule has 0 fully saturated rings. The van der Waals surface area contributed by atoms with Crippen molar-refractivity contribution in [3.05, 3.63) is 101 Å². The number of aryl methyl sites for hydroxylation is 2. The van der Waals surface area contributed by atoms with E-state index >= 15 is 0 Å². The number of amides is 1. The fourth-order valence-corrected chi connectivity index (χ4v) is 3.65. The van der Waals surface area contributed by atoms with Crippen LogP contribution in [-0.4, -0.2) is 16.3 Å². The van der Waals surface area contributed by atoms with Crippen LogP contribution >= 0.6 is 0 Å². The van der Waals surface area contributed by atoms with Gasteiger partial charge in [0.25, 0.3) is 0 Å². The van der Waals surface area contributed by atoms with Gasteiger partial charge in [0.1, 0.15) is 12.4 Å². The lowest BCUT2D eigenvalue weighted by molar-refractivity contribution is -0.116. The molecule has 5 heteroatoms. The maximum absolute atomic E-state index is 14.2. The number of nitrogens with zero attached hydrogens (tertiary/aromatic N) is 1. The summed E-state index contributed by atoms with van der Waals surface area (Å²) < 4.78 is 15.9. The summed E-state index contributed by atoms with van der Waals surface area (Å²) in [5.74, 6) is -1.17. The summed E-state index contributed by atoms with van der Waals surface area (Å²) in [5.41, 5.74) is 3.99. The zero-order valence-electron chi connectivity index (χ0n) is 16.8. The second-order valence-corrected chi connectivity index (χ2v) is 7.36. The summed E-state index contributed by atoms with van der Waals surface area (Å²) in [6.07, 6.45) is 1.63. The molecule has 4 nitrogen and oxygen atoms in total. The third-order valence-electron chi connectivity index (χ3n) is 5.12. The molecule has 0 aliphatic heterocycles. The number of carbonyl (C=O) groups excluding carboxylic acids is 2. The zero-order valence-corrected chi connectivity index (χ0v) is 16.8. The lowest BCUT2D eigenvalue weighted by atomic mass is 10.0. The lowest BCUT2D eigenvalue weighted by Crippen LogP contribution is -2.19. The number of hydrogen-bond donors (Lipinski definition) is 1. The quantitative estimate of drug-likeness (QED) is 0.464. The van der Waals surface area contributed by atoms with Crippen LogP contribution in [-0.2, 0) is 11.3 Å². The molecule has 4 rings (SSSR count). The predicted molar refractivity (Wildman–Crippen MR) is 116 cm³/mol. The number of ketones is 1. The van der Waals surface area contributed by atoms with Gasteiger partial charge in [-0.1, -0.05) is 48.0 Å². The molecule has 150 valence electrons. The largest absolute Gasteiger partial charge is 0.337 e. The van der Waals surface area contributed by atoms with E-state index in [4.69, 9.17) is 0 Å². The molecule has 0 saturated heterocycles. The van der Waals surface area contributed by atoms with Crippen LogP contribution in [0, 0.1) is 19.7 Å². The topological polar surface area (TPSA) is 51.1 Å². The highest BCUT2D eigenvalue weighted by Gasteiger charge is 2.20. The van der Waals surface area contributed by atoms with Crippen molar-refractivity contribution in [3.8, 4) is 0 Å². The van der Waals surface area contributed by atoms with Crippen molar-refractivity contribution in [2.75, 3.05) is 5.32 Å². The van der Waals surface area contributed by atoms with Crippen LogP contribution in [0.5, 0.6) is 0 Å². The minimum atomic E-state index is -0.563. The minimum absolute atomic E-state index is 0.0140. The summed E-state index contributed by atoms with van der Waals surface area (Å²) in [6, 6.07) is 19.1. The fourth-order valence-electron chi connectivity index (χ4n) is 3.65. The van der Waals surface area contributed by atoms with Gasteiger partial charge in [-0.15, -0.1) is 0 Å². The Morgan fingerprint density at radius 2 is 1.67 bits per heavy atom. The first kappa shape index (κ1) is 19.6. The van der Waals surface area contributed by atoms with E-state index in [-0.39, 0.29) is 18.0 Å². The van der Waals surface area contributed by atoms with Crippen LogP contribution in [0.4, 0.5) is 10.1 Å². The lowest BCUT2D eigenvalue weighted by Gasteiger charge is -2.10. The van der Waals surface area contributed by atoms with Gasteiger partial charge in [0.2, 0.25) is 5.91 Å². The Hall–Kier alpha value is -3.73. The van der Waals surface area contributed by atoms with Gasteiger partial charge in [-0.05, 0) is 43.7 Å². The number of anilines is 1. The van der Waals surface area contributed by atoms with Crippen LogP contribution in [0.1, 0.15) is 27.0 Å². The van der Waals surface area contributed by atoms with E-state index in [2.05, 4.69) is 5.32 Å². The highest BCUT2D eigenvalue weighted by molar-refractivity contribution is 6.16. The number of fused-ring (bicyclic) bond motifs is 1. The molecule has 0 aliphatic carbocycles. The predicted octanol–water partition coefficient (Wildman–Crippen LogP) is 5.27. The number of hydrogen-bond acceptors (Lipinski definition) is 2. The van der Waals surface area contributed by atoms with Gasteiger partial charge in [0, 0.05) is 28.4 Å². The molecular weight excluding hydrogens is 379 g/mol. The van der Waals surface area contributed by atoms with E-state index in [1.807, 2.05) is 56.3 Å². The van der Waals surface area contributed by atoms with Crippen LogP contribution in [0.15, 0.2) is 72.9 Å². The Kier molecular flexibility index (Phi) is 5.19. The summed E-state index contributed by atoms with van der Waals surface area (Å²) in [4.78, 5) is 25.7. The molecule has 1 aromatic heterocycles. The van der Waals surface area contributed by atoms with Gasteiger partial charge >= 0.3 is 0 Å². The monoisotopic (exact) mass is 400 g/mol. The van der Waals surface area contributed by atoms with Gasteiger partial charge in [0.15, 0.2) is 5.78 Å². The Balaban J connectivity index is 1.66. The molecule has 4 aromatic rings. The van der Waals surface area contributed by atoms with Gasteiger partial charge in [-0.3, -0.25) is 9.59 Å². The first-order chi connectivity index (χ1) is 14.4. The summed E-state index contributed by atoms with van der Waals surface area (Å²) in [7, 11) is 0. The van der Waals surface area contributed by atoms with Crippen molar-refractivity contribution < 1.29 is 14.0 Å². The molecule has 0 saturated carbocycles. The normalized spacial score (nSPS) is 10.9. The first-order valence-electron chi connectivity index (χ1n) is 9.68. The minimum Gasteiger partial charge on any atom is -0.337 e. The van der Waals surface area contributed by atoms with Crippen molar-refractivity contribution in [3.63, 3.8) is 0 Å². The molecule has 0 spiro atoms. The molecule has 0 bridgehead atoms. The number of carbonyl (C=O) groups is 2. The van der Waals surface area contributed by atoms with Crippen LogP contribution in [0.3, 0.4) is 0 Å². The molecule has 0 aliphatic rings. The average molecular weight is 400 g/mol. The molecule has 0 unspecified atom stereocenters. The molecule has 0 radical (unpaired) electrons. The number of nitrogens with one attached hydrogen (secondary N) is 1. The standard InChI is InChI=1S/C25H21FN2O2/c1-16-11-12-22(17(2)13-16)27-24(29)15-28-14-20(18-7-4-6-10-23(18)28)25(30)19-8-3-5-9-21(19)26/h3-14H,15H2,1-2H3,(H,27,29). The smallest absolute Gasteiger partial charge is 0.244 e. The number of halogens is 1. The Bertz CT molecular complexity index is 1270. The maximum atomic E-state index is 14.2. The van der Waals surface area contributed by atoms with Crippen LogP contribution < -0.4 is 5.32 Å². The SMILES string of the molecule is Cc1ccc(NC(=O)Cn2cc(C(=O)c3ccccc3F)c3ccccc32)c(C)c1. The zero-order chi connectivity index (χ0) is 21.3. The number of para-hydroxylation sites is 1. The molecule has 1 N–H and O–H groups in total. The summed E-state index contributed by atoms with van der Waals surface area (Å²) in [6.45, 7) is 3.98. The fraction of sp³-hybridized carbons (Fsp3) is 0.120. The van der Waals surface area contributed by atoms with Crippen LogP contribution in [0.25, 0.3) is 10.9 Å². The second-order valence-electron chi connectivity index (χ2n) is 7.36. The molecular formula is C25H21FN2O2. The number of aromatic nitrogens is 1. The molecule has 0 atom stereocenters. The summed E-state index contributed by atoms with van der Waals surface area (Å²) in [5, 5.41) is 3.61. The van der Waals surface area contributed by atoms with Gasteiger partial charge in [-0.25, -0.2) is 4.39 Å². The second kappa shape index (κ2) is 7.95. The first-order valence-corrected chi connectivity index (χ1v) is 9.68. The summed E-state index contributed by atoms with van der Waals surface area (Å²) >= 11 is 0. The third kappa shape index (κ3) is 3.74. The maximum Gasteiger partial charge on any atom is 0.244 e. The van der Waals surface area contributed by atoms with E-state index in [1.54, 1.807) is 22.9 Å². The molecule has 1 amide bonds. The Morgan fingerprint density at radius 1 is 0.933 bits per heavy atom. The van der Waals surface area contributed by atoms with Gasteiger partial charge in [-0.2, -0.15) is 0 Å². The third-order valence-corrected chi connectivity index (χ3v) is 5.12. The molecule has 3 aromatic carbocycles. The number of benzene rings is 3. The van der Waals surface area contributed by atoms with E-state index in [0.717, 1.165) is 22.3 Å². The van der Waals surface area contributed by atoms with E-state index < -0.39 is 11.6 Å². The average Bonchev–Trinajstić information content (AvgIpc) is 3.08. The number of rotatable bonds is 5. The molecule has 30 heavy (non-hydrogen) atoms. The Labute approximate surface area is 174 Å². The van der Waals surface area contributed by atoms with Gasteiger partial charge < -0.3 is 9.88 Å². The highest BCUT2D eigenvalue weighted by Crippen LogP contribution is 2.25. The highest BCUT2D eigenvalue weighted by atomic mass is 19.1. The van der Waals surface area contributed by atoms with Crippen molar-refractivity contribution in [2.45, 2.75) is 20.4 Å². The van der Waals surface area contributed by atoms with Crippen molar-refractivity contribution in [1.29, 1.82) is 0 Å². The van der Waals surface area contributed by atoms with Crippen molar-refractivity contribution in [1.82, 2.24) is 4.57 Å². The van der Waals surface area contributed by atoms with Crippen molar-refractivity contribution >= 4 is 28.3 Å². The van der Waals surface area contributed by atoms with E-state index in [0.29, 0.717) is 10.9 Å². The van der Waals surface area contributed by atoms with Crippen molar-refractivity contribution in [2.24, 2.45) is 0 Å². The molecule has 1 heterocycles. The van der Waals surface area contributed by atoms with Crippen LogP contribution in [0.2, 0.25) is 0 Å².